The molecule has 1 N–H and O–H groups in total. The molecular weight excluding hydrogens is 376 g/mol. The monoisotopic (exact) mass is 390 g/mol. The van der Waals surface area contributed by atoms with Crippen molar-refractivity contribution < 1.29 is 24.0 Å². The van der Waals surface area contributed by atoms with Crippen LogP contribution in [0.1, 0.15) is 5.56 Å². The largest absolute Gasteiger partial charge is 0.492 e. The van der Waals surface area contributed by atoms with Gasteiger partial charge in [0.05, 0.1) is 10.8 Å². The Morgan fingerprint density at radius 1 is 1.26 bits per heavy atom. The summed E-state index contributed by atoms with van der Waals surface area (Å²) in [6.45, 7) is -0.299. The lowest BCUT2D eigenvalue weighted by atomic mass is 9.97. The fourth-order valence-corrected chi connectivity index (χ4v) is 2.83. The van der Waals surface area contributed by atoms with Gasteiger partial charge < -0.3 is 14.8 Å². The van der Waals surface area contributed by atoms with Crippen LogP contribution in [0, 0.1) is 16.0 Å². The predicted molar refractivity (Wildman–Crippen MR) is 96.8 cm³/mol. The number of rotatable bonds is 5. The summed E-state index contributed by atoms with van der Waals surface area (Å²) in [6.07, 6.45) is 0.415. The molecule has 9 heteroatoms. The molecule has 0 bridgehead atoms. The second-order valence-corrected chi connectivity index (χ2v) is 6.36. The second-order valence-electron chi connectivity index (χ2n) is 5.92. The number of nitro benzene ring substituents is 1. The summed E-state index contributed by atoms with van der Waals surface area (Å²) in [5, 5.41) is 13.7. The Balaban J connectivity index is 1.50. The predicted octanol–water partition coefficient (Wildman–Crippen LogP) is 2.98. The van der Waals surface area contributed by atoms with E-state index in [2.05, 4.69) is 5.32 Å². The van der Waals surface area contributed by atoms with Gasteiger partial charge in [-0.15, -0.1) is 0 Å². The average Bonchev–Trinajstić information content (AvgIpc) is 2.66. The van der Waals surface area contributed by atoms with Gasteiger partial charge in [0.15, 0.2) is 6.61 Å². The minimum Gasteiger partial charge on any atom is -0.492 e. The Morgan fingerprint density at radius 3 is 2.70 bits per heavy atom. The number of ether oxygens (including phenoxy) is 2. The van der Waals surface area contributed by atoms with Crippen molar-refractivity contribution in [2.24, 2.45) is 5.92 Å². The lowest BCUT2D eigenvalue weighted by Gasteiger charge is -2.24. The lowest BCUT2D eigenvalue weighted by molar-refractivity contribution is -0.384. The molecule has 0 fully saturated rings. The number of carbonyl (C=O) groups excluding carboxylic acids is 2. The number of carbonyl (C=O) groups is 2. The minimum atomic E-state index is -0.544. The number of nitrogens with zero attached hydrogens (tertiary/aromatic N) is 1. The van der Waals surface area contributed by atoms with Gasteiger partial charge in [0.1, 0.15) is 12.4 Å². The highest BCUT2D eigenvalue weighted by atomic mass is 35.5. The van der Waals surface area contributed by atoms with Crippen LogP contribution in [0.3, 0.4) is 0 Å². The first-order valence-corrected chi connectivity index (χ1v) is 8.42. The van der Waals surface area contributed by atoms with E-state index in [4.69, 9.17) is 21.1 Å². The van der Waals surface area contributed by atoms with E-state index in [1.54, 1.807) is 18.2 Å². The third-order valence-electron chi connectivity index (χ3n) is 3.97. The average molecular weight is 391 g/mol. The smallest absolute Gasteiger partial charge is 0.313 e. The quantitative estimate of drug-likeness (QED) is 0.477. The van der Waals surface area contributed by atoms with E-state index in [1.807, 2.05) is 0 Å². The maximum Gasteiger partial charge on any atom is 0.313 e. The Morgan fingerprint density at radius 2 is 2.00 bits per heavy atom. The summed E-state index contributed by atoms with van der Waals surface area (Å²) in [6, 6.07) is 10.5. The number of nitro groups is 1. The van der Waals surface area contributed by atoms with Crippen LogP contribution in [0.5, 0.6) is 5.75 Å². The molecule has 1 amide bonds. The van der Waals surface area contributed by atoms with Crippen molar-refractivity contribution in [3.8, 4) is 5.75 Å². The molecule has 140 valence electrons. The van der Waals surface area contributed by atoms with Gasteiger partial charge >= 0.3 is 5.97 Å². The number of hydrogen-bond donors (Lipinski definition) is 1. The summed E-state index contributed by atoms with van der Waals surface area (Å²) in [5.74, 6) is -0.931. The van der Waals surface area contributed by atoms with Crippen molar-refractivity contribution in [3.63, 3.8) is 0 Å². The third kappa shape index (κ3) is 4.73. The maximum absolute atomic E-state index is 12.2. The van der Waals surface area contributed by atoms with Crippen molar-refractivity contribution in [2.75, 3.05) is 18.5 Å². The van der Waals surface area contributed by atoms with Crippen LogP contribution < -0.4 is 10.1 Å². The van der Waals surface area contributed by atoms with Gasteiger partial charge in [-0.2, -0.15) is 0 Å². The Hall–Kier alpha value is -3.13. The number of nitrogens with one attached hydrogen (secondary N) is 1. The van der Waals surface area contributed by atoms with E-state index in [1.165, 1.54) is 24.3 Å². The van der Waals surface area contributed by atoms with Crippen LogP contribution in [0.25, 0.3) is 0 Å². The Bertz CT molecular complexity index is 884. The van der Waals surface area contributed by atoms with E-state index in [0.717, 1.165) is 5.56 Å². The molecule has 2 aromatic carbocycles. The summed E-state index contributed by atoms with van der Waals surface area (Å²) >= 11 is 5.95. The summed E-state index contributed by atoms with van der Waals surface area (Å²) < 4.78 is 10.6. The van der Waals surface area contributed by atoms with Gasteiger partial charge in [-0.25, -0.2) is 0 Å². The molecule has 1 atom stereocenters. The molecule has 1 heterocycles. The molecule has 3 rings (SSSR count). The molecule has 0 saturated heterocycles. The Kier molecular flexibility index (Phi) is 5.56. The highest BCUT2D eigenvalue weighted by molar-refractivity contribution is 6.30. The zero-order chi connectivity index (χ0) is 19.4. The highest BCUT2D eigenvalue weighted by Crippen LogP contribution is 2.30. The molecule has 1 aliphatic rings. The van der Waals surface area contributed by atoms with Gasteiger partial charge in [-0.05, 0) is 42.3 Å². The number of hydrogen-bond acceptors (Lipinski definition) is 6. The van der Waals surface area contributed by atoms with E-state index >= 15 is 0 Å². The van der Waals surface area contributed by atoms with E-state index < -0.39 is 29.3 Å². The summed E-state index contributed by atoms with van der Waals surface area (Å²) in [7, 11) is 0. The topological polar surface area (TPSA) is 108 Å². The number of anilines is 1. The number of fused-ring (bicyclic) bond motifs is 1. The van der Waals surface area contributed by atoms with E-state index in [0.29, 0.717) is 22.9 Å². The van der Waals surface area contributed by atoms with Gasteiger partial charge in [0, 0.05) is 22.8 Å². The van der Waals surface area contributed by atoms with Gasteiger partial charge in [0.2, 0.25) is 0 Å². The highest BCUT2D eigenvalue weighted by Gasteiger charge is 2.28. The molecule has 0 aromatic heterocycles. The zero-order valence-electron chi connectivity index (χ0n) is 14.0. The number of benzene rings is 2. The molecule has 2 aromatic rings. The SMILES string of the molecule is O=C(COC(=O)[C@H]1COc2ccc(Cl)cc2C1)Nc1ccc([N+](=O)[O-])cc1. The second kappa shape index (κ2) is 8.05. The standard InChI is InChI=1S/C18H15ClN2O6/c19-13-1-6-16-11(8-13)7-12(9-26-16)18(23)27-10-17(22)20-14-2-4-15(5-3-14)21(24)25/h1-6,8,12H,7,9-10H2,(H,20,22)/t12-/m1/s1. The fraction of sp³-hybridized carbons (Fsp3) is 0.222. The van der Waals surface area contributed by atoms with Crippen molar-refractivity contribution in [2.45, 2.75) is 6.42 Å². The first-order chi connectivity index (χ1) is 12.9. The fourth-order valence-electron chi connectivity index (χ4n) is 2.63. The molecule has 0 radical (unpaired) electrons. The summed E-state index contributed by atoms with van der Waals surface area (Å²) in [4.78, 5) is 34.1. The van der Waals surface area contributed by atoms with Crippen LogP contribution in [-0.4, -0.2) is 30.0 Å². The first-order valence-electron chi connectivity index (χ1n) is 8.04. The zero-order valence-corrected chi connectivity index (χ0v) is 14.8. The Labute approximate surface area is 159 Å². The number of esters is 1. The molecular formula is C18H15ClN2O6. The minimum absolute atomic E-state index is 0.0860. The van der Waals surface area contributed by atoms with Gasteiger partial charge in [-0.3, -0.25) is 19.7 Å². The maximum atomic E-state index is 12.2. The van der Waals surface area contributed by atoms with Gasteiger partial charge in [-0.1, -0.05) is 11.6 Å². The van der Waals surface area contributed by atoms with Crippen LogP contribution in [0.2, 0.25) is 5.02 Å². The summed E-state index contributed by atoms with van der Waals surface area (Å²) in [5.41, 5.74) is 1.09. The number of halogens is 1. The van der Waals surface area contributed by atoms with E-state index in [9.17, 15) is 19.7 Å². The van der Waals surface area contributed by atoms with Gasteiger partial charge in [0.25, 0.3) is 11.6 Å². The third-order valence-corrected chi connectivity index (χ3v) is 4.20. The molecule has 0 spiro atoms. The van der Waals surface area contributed by atoms with Crippen LogP contribution in [0.4, 0.5) is 11.4 Å². The van der Waals surface area contributed by atoms with Crippen molar-refractivity contribution in [3.05, 3.63) is 63.2 Å². The number of amides is 1. The van der Waals surface area contributed by atoms with Crippen LogP contribution >= 0.6 is 11.6 Å². The van der Waals surface area contributed by atoms with Crippen LogP contribution in [-0.2, 0) is 20.7 Å². The first kappa shape index (κ1) is 18.7. The lowest BCUT2D eigenvalue weighted by Crippen LogP contribution is -2.31. The molecule has 0 saturated carbocycles. The molecule has 0 aliphatic carbocycles. The normalized spacial score (nSPS) is 15.2. The van der Waals surface area contributed by atoms with Crippen molar-refractivity contribution in [1.82, 2.24) is 0 Å². The molecule has 0 unspecified atom stereocenters. The molecule has 1 aliphatic heterocycles. The molecule has 8 nitrogen and oxygen atoms in total. The van der Waals surface area contributed by atoms with Crippen LogP contribution in [0.15, 0.2) is 42.5 Å². The van der Waals surface area contributed by atoms with Crippen molar-refractivity contribution >= 4 is 34.9 Å². The van der Waals surface area contributed by atoms with E-state index in [-0.39, 0.29) is 12.3 Å². The molecule has 27 heavy (non-hydrogen) atoms. The van der Waals surface area contributed by atoms with Crippen molar-refractivity contribution in [1.29, 1.82) is 0 Å². The number of non-ortho nitro benzene ring substituents is 1.